The van der Waals surface area contributed by atoms with Crippen molar-refractivity contribution < 1.29 is 9.53 Å². The summed E-state index contributed by atoms with van der Waals surface area (Å²) in [4.78, 5) is 17.1. The molecule has 1 atom stereocenters. The lowest BCUT2D eigenvalue weighted by Gasteiger charge is -2.30. The van der Waals surface area contributed by atoms with Crippen molar-refractivity contribution in [1.82, 2.24) is 9.80 Å². The second kappa shape index (κ2) is 7.01. The molecule has 0 saturated carbocycles. The molecule has 1 aliphatic carbocycles. The fraction of sp³-hybridized carbons (Fsp3) is 0.435. The van der Waals surface area contributed by atoms with Crippen LogP contribution < -0.4 is 4.74 Å². The van der Waals surface area contributed by atoms with Crippen molar-refractivity contribution in [2.75, 3.05) is 26.2 Å². The lowest BCUT2D eigenvalue weighted by Crippen LogP contribution is -2.43. The molecule has 4 aliphatic rings. The van der Waals surface area contributed by atoms with Gasteiger partial charge in [-0.25, -0.2) is 4.79 Å². The van der Waals surface area contributed by atoms with Crippen LogP contribution in [0.15, 0.2) is 48.5 Å². The van der Waals surface area contributed by atoms with Gasteiger partial charge in [0.1, 0.15) is 5.75 Å². The highest BCUT2D eigenvalue weighted by molar-refractivity contribution is 5.71. The molecule has 1 amide bonds. The van der Waals surface area contributed by atoms with Crippen LogP contribution in [-0.4, -0.2) is 48.1 Å². The van der Waals surface area contributed by atoms with Crippen LogP contribution in [0.4, 0.5) is 4.79 Å². The molecule has 3 fully saturated rings. The first-order chi connectivity index (χ1) is 13.3. The zero-order chi connectivity index (χ0) is 18.2. The van der Waals surface area contributed by atoms with Gasteiger partial charge in [-0.15, -0.1) is 0 Å². The number of aryl methyl sites for hydroxylation is 1. The number of carbonyl (C=O) groups excluding carboxylic acids is 1. The minimum Gasteiger partial charge on any atom is -0.410 e. The Labute approximate surface area is 160 Å². The van der Waals surface area contributed by atoms with Crippen molar-refractivity contribution in [1.29, 1.82) is 0 Å². The second-order valence-corrected chi connectivity index (χ2v) is 7.99. The highest BCUT2D eigenvalue weighted by atomic mass is 16.6. The number of hydrogen-bond acceptors (Lipinski definition) is 3. The van der Waals surface area contributed by atoms with Crippen LogP contribution in [0.25, 0.3) is 0 Å². The third-order valence-electron chi connectivity index (χ3n) is 6.51. The van der Waals surface area contributed by atoms with Gasteiger partial charge in [0.15, 0.2) is 0 Å². The number of piperidine rings is 1. The van der Waals surface area contributed by atoms with Crippen LogP contribution >= 0.6 is 0 Å². The molecule has 3 heterocycles. The van der Waals surface area contributed by atoms with E-state index in [1.807, 2.05) is 17.0 Å². The first-order valence-corrected chi connectivity index (χ1v) is 10.2. The molecule has 0 aromatic heterocycles. The number of rotatable bonds is 2. The van der Waals surface area contributed by atoms with Gasteiger partial charge in [0.25, 0.3) is 0 Å². The first-order valence-electron chi connectivity index (χ1n) is 10.2. The minimum atomic E-state index is -0.192. The standard InChI is InChI=1S/C23H26N2O2/c26-23(25-16-15-24-13-11-19(25)12-14-24)27-20-8-5-18(6-9-20)22-10-7-17-3-1-2-4-21(17)22/h1-6,8-9,19,22H,7,10-16H2. The topological polar surface area (TPSA) is 32.8 Å². The number of fused-ring (bicyclic) bond motifs is 5. The number of ether oxygens (including phenoxy) is 1. The Morgan fingerprint density at radius 2 is 1.67 bits per heavy atom. The number of amides is 1. The van der Waals surface area contributed by atoms with Gasteiger partial charge in [0, 0.05) is 38.1 Å². The Morgan fingerprint density at radius 3 is 2.48 bits per heavy atom. The third-order valence-corrected chi connectivity index (χ3v) is 6.51. The van der Waals surface area contributed by atoms with Gasteiger partial charge in [-0.1, -0.05) is 36.4 Å². The predicted octanol–water partition coefficient (Wildman–Crippen LogP) is 4.04. The summed E-state index contributed by atoms with van der Waals surface area (Å²) in [5.41, 5.74) is 4.21. The first kappa shape index (κ1) is 16.8. The van der Waals surface area contributed by atoms with E-state index in [4.69, 9.17) is 4.74 Å². The normalized spacial score (nSPS) is 26.5. The van der Waals surface area contributed by atoms with Crippen molar-refractivity contribution in [2.24, 2.45) is 0 Å². The highest BCUT2D eigenvalue weighted by Gasteiger charge is 2.33. The van der Waals surface area contributed by atoms with Crippen molar-refractivity contribution >= 4 is 6.09 Å². The number of hydrogen-bond donors (Lipinski definition) is 0. The molecule has 2 bridgehead atoms. The van der Waals surface area contributed by atoms with E-state index in [0.717, 1.165) is 51.9 Å². The molecule has 3 aliphatic heterocycles. The summed E-state index contributed by atoms with van der Waals surface area (Å²) >= 11 is 0. The maximum Gasteiger partial charge on any atom is 0.415 e. The van der Waals surface area contributed by atoms with Crippen LogP contribution in [0.3, 0.4) is 0 Å². The molecule has 2 aromatic rings. The van der Waals surface area contributed by atoms with E-state index in [1.165, 1.54) is 16.7 Å². The fourth-order valence-corrected chi connectivity index (χ4v) is 4.96. The van der Waals surface area contributed by atoms with E-state index < -0.39 is 0 Å². The summed E-state index contributed by atoms with van der Waals surface area (Å²) in [6.07, 6.45) is 4.24. The molecule has 3 saturated heterocycles. The van der Waals surface area contributed by atoms with Crippen molar-refractivity contribution in [3.63, 3.8) is 0 Å². The maximum absolute atomic E-state index is 12.7. The summed E-state index contributed by atoms with van der Waals surface area (Å²) in [6, 6.07) is 17.2. The van der Waals surface area contributed by atoms with E-state index in [9.17, 15) is 4.79 Å². The van der Waals surface area contributed by atoms with Gasteiger partial charge in [-0.05, 0) is 54.5 Å². The van der Waals surface area contributed by atoms with Crippen LogP contribution in [0.2, 0.25) is 0 Å². The van der Waals surface area contributed by atoms with Crippen molar-refractivity contribution in [3.05, 3.63) is 65.2 Å². The Hall–Kier alpha value is -2.33. The van der Waals surface area contributed by atoms with Gasteiger partial charge >= 0.3 is 6.09 Å². The highest BCUT2D eigenvalue weighted by Crippen LogP contribution is 2.38. The molecule has 27 heavy (non-hydrogen) atoms. The zero-order valence-electron chi connectivity index (χ0n) is 15.6. The van der Waals surface area contributed by atoms with E-state index >= 15 is 0 Å². The van der Waals surface area contributed by atoms with E-state index in [0.29, 0.717) is 17.7 Å². The van der Waals surface area contributed by atoms with E-state index in [-0.39, 0.29) is 6.09 Å². The van der Waals surface area contributed by atoms with Crippen molar-refractivity contribution in [3.8, 4) is 5.75 Å². The molecule has 0 N–H and O–H groups in total. The summed E-state index contributed by atoms with van der Waals surface area (Å²) in [7, 11) is 0. The molecule has 0 radical (unpaired) electrons. The Kier molecular flexibility index (Phi) is 4.36. The maximum atomic E-state index is 12.7. The molecule has 1 unspecified atom stereocenters. The number of nitrogens with zero attached hydrogens (tertiary/aromatic N) is 2. The summed E-state index contributed by atoms with van der Waals surface area (Å²) in [6.45, 7) is 3.95. The number of benzene rings is 2. The quantitative estimate of drug-likeness (QED) is 0.808. The van der Waals surface area contributed by atoms with Gasteiger partial charge in [-0.3, -0.25) is 0 Å². The predicted molar refractivity (Wildman–Crippen MR) is 105 cm³/mol. The van der Waals surface area contributed by atoms with Crippen LogP contribution in [0.1, 0.15) is 41.9 Å². The molecule has 6 rings (SSSR count). The molecule has 0 spiro atoms. The lowest BCUT2D eigenvalue weighted by molar-refractivity contribution is 0.131. The molecule has 4 nitrogen and oxygen atoms in total. The molecular weight excluding hydrogens is 336 g/mol. The van der Waals surface area contributed by atoms with E-state index in [1.54, 1.807) is 0 Å². The van der Waals surface area contributed by atoms with Crippen LogP contribution in [0, 0.1) is 0 Å². The SMILES string of the molecule is O=C(Oc1ccc(C2CCc3ccccc32)cc1)N1CCN2CCC1CC2. The summed E-state index contributed by atoms with van der Waals surface area (Å²) in [5.74, 6) is 1.11. The van der Waals surface area contributed by atoms with Crippen molar-refractivity contribution in [2.45, 2.75) is 37.6 Å². The monoisotopic (exact) mass is 362 g/mol. The average molecular weight is 362 g/mol. The minimum absolute atomic E-state index is 0.192. The van der Waals surface area contributed by atoms with Gasteiger partial charge < -0.3 is 14.5 Å². The molecule has 2 aromatic carbocycles. The Bertz CT molecular complexity index is 825. The third kappa shape index (κ3) is 3.23. The fourth-order valence-electron chi connectivity index (χ4n) is 4.96. The smallest absolute Gasteiger partial charge is 0.410 e. The lowest BCUT2D eigenvalue weighted by atomic mass is 9.93. The van der Waals surface area contributed by atoms with Crippen LogP contribution in [-0.2, 0) is 6.42 Å². The summed E-state index contributed by atoms with van der Waals surface area (Å²) in [5, 5.41) is 0. The van der Waals surface area contributed by atoms with Crippen LogP contribution in [0.5, 0.6) is 5.75 Å². The van der Waals surface area contributed by atoms with Gasteiger partial charge in [0.05, 0.1) is 0 Å². The van der Waals surface area contributed by atoms with Gasteiger partial charge in [0.2, 0.25) is 0 Å². The molecule has 140 valence electrons. The number of carbonyl (C=O) groups is 1. The second-order valence-electron chi connectivity index (χ2n) is 7.99. The Morgan fingerprint density at radius 1 is 0.889 bits per heavy atom. The molecular formula is C23H26N2O2. The van der Waals surface area contributed by atoms with Gasteiger partial charge in [-0.2, -0.15) is 0 Å². The average Bonchev–Trinajstić information content (AvgIpc) is 2.90. The zero-order valence-corrected chi connectivity index (χ0v) is 15.6. The van der Waals surface area contributed by atoms with E-state index in [2.05, 4.69) is 41.3 Å². The molecule has 4 heteroatoms. The largest absolute Gasteiger partial charge is 0.415 e. The Balaban J connectivity index is 1.28. The summed E-state index contributed by atoms with van der Waals surface area (Å²) < 4.78 is 5.72.